The van der Waals surface area contributed by atoms with Gasteiger partial charge in [-0.1, -0.05) is 17.8 Å². The fraction of sp³-hybridized carbons (Fsp3) is 0.682. The summed E-state index contributed by atoms with van der Waals surface area (Å²) in [5.41, 5.74) is 1.56. The van der Waals surface area contributed by atoms with Crippen molar-refractivity contribution in [2.75, 3.05) is 31.2 Å². The van der Waals surface area contributed by atoms with Gasteiger partial charge >= 0.3 is 0 Å². The van der Waals surface area contributed by atoms with Crippen LogP contribution in [0, 0.1) is 11.3 Å². The molecule has 0 aromatic carbocycles. The van der Waals surface area contributed by atoms with E-state index in [1.54, 1.807) is 11.3 Å². The van der Waals surface area contributed by atoms with Gasteiger partial charge in [0.15, 0.2) is 5.13 Å². The highest BCUT2D eigenvalue weighted by Gasteiger charge is 2.48. The molecule has 8 heteroatoms. The van der Waals surface area contributed by atoms with Crippen molar-refractivity contribution in [1.82, 2.24) is 15.3 Å². The van der Waals surface area contributed by atoms with Gasteiger partial charge in [0.25, 0.3) is 0 Å². The SMILES string of the molecule is CC(=O)N[C@@H](C)COC1CC(COc2ccc3nc(N4CC5(CCC5)C4)sc3n2)C1. The van der Waals surface area contributed by atoms with E-state index in [1.165, 1.54) is 26.2 Å². The molecule has 3 fully saturated rings. The highest BCUT2D eigenvalue weighted by Crippen LogP contribution is 2.50. The standard InChI is InChI=1S/C22H30N4O3S/c1-14(23-15(2)27)10-28-17-8-16(9-17)11-29-19-5-4-18-20(25-19)30-21(24-18)26-12-22(13-26)6-3-7-22/h4-5,14,16-17H,3,6-13H2,1-2H3,(H,23,27)/t14-,16?,17?/m0/s1. The molecule has 2 aliphatic carbocycles. The predicted molar refractivity (Wildman–Crippen MR) is 117 cm³/mol. The van der Waals surface area contributed by atoms with Gasteiger partial charge in [0.05, 0.1) is 19.3 Å². The molecule has 2 aromatic heterocycles. The average molecular weight is 431 g/mol. The molecule has 0 unspecified atom stereocenters. The smallest absolute Gasteiger partial charge is 0.217 e. The van der Waals surface area contributed by atoms with Crippen LogP contribution in [0.3, 0.4) is 0 Å². The number of nitrogens with one attached hydrogen (secondary N) is 1. The van der Waals surface area contributed by atoms with Gasteiger partial charge in [-0.05, 0) is 44.6 Å². The second-order valence-electron chi connectivity index (χ2n) is 9.39. The third-order valence-electron chi connectivity index (χ3n) is 6.65. The number of amides is 1. The van der Waals surface area contributed by atoms with Gasteiger partial charge in [-0.15, -0.1) is 0 Å². The number of pyridine rings is 1. The molecule has 2 aromatic rings. The van der Waals surface area contributed by atoms with Gasteiger partial charge in [0.2, 0.25) is 11.8 Å². The summed E-state index contributed by atoms with van der Waals surface area (Å²) in [4.78, 5) is 23.8. The molecular weight excluding hydrogens is 400 g/mol. The second-order valence-corrected chi connectivity index (χ2v) is 10.3. The van der Waals surface area contributed by atoms with E-state index >= 15 is 0 Å². The summed E-state index contributed by atoms with van der Waals surface area (Å²) in [5, 5.41) is 3.94. The lowest BCUT2D eigenvalue weighted by atomic mass is 9.64. The van der Waals surface area contributed by atoms with Crippen molar-refractivity contribution < 1.29 is 14.3 Å². The Hall–Kier alpha value is -1.93. The maximum Gasteiger partial charge on any atom is 0.217 e. The van der Waals surface area contributed by atoms with E-state index in [4.69, 9.17) is 14.5 Å². The molecule has 1 amide bonds. The first-order chi connectivity index (χ1) is 14.5. The Balaban J connectivity index is 1.06. The van der Waals surface area contributed by atoms with Crippen LogP contribution in [0.15, 0.2) is 12.1 Å². The van der Waals surface area contributed by atoms with Gasteiger partial charge in [0, 0.05) is 37.5 Å². The quantitative estimate of drug-likeness (QED) is 0.692. The zero-order valence-corrected chi connectivity index (χ0v) is 18.5. The van der Waals surface area contributed by atoms with E-state index in [2.05, 4.69) is 15.2 Å². The molecular formula is C22H30N4O3S. The van der Waals surface area contributed by atoms with Gasteiger partial charge in [-0.3, -0.25) is 4.79 Å². The monoisotopic (exact) mass is 430 g/mol. The van der Waals surface area contributed by atoms with Gasteiger partial charge in [-0.2, -0.15) is 0 Å². The summed E-state index contributed by atoms with van der Waals surface area (Å²) in [7, 11) is 0. The lowest BCUT2D eigenvalue weighted by Gasteiger charge is -2.55. The molecule has 1 spiro atoms. The zero-order valence-electron chi connectivity index (χ0n) is 17.7. The number of fused-ring (bicyclic) bond motifs is 1. The zero-order chi connectivity index (χ0) is 20.7. The molecule has 1 N–H and O–H groups in total. The molecule has 1 atom stereocenters. The van der Waals surface area contributed by atoms with Gasteiger partial charge < -0.3 is 19.7 Å². The van der Waals surface area contributed by atoms with Crippen LogP contribution < -0.4 is 15.0 Å². The maximum atomic E-state index is 11.0. The number of hydrogen-bond donors (Lipinski definition) is 1. The maximum absolute atomic E-state index is 11.0. The minimum Gasteiger partial charge on any atom is -0.477 e. The number of thiazole rings is 1. The summed E-state index contributed by atoms with van der Waals surface area (Å²) in [6, 6.07) is 4.00. The highest BCUT2D eigenvalue weighted by atomic mass is 32.1. The minimum atomic E-state index is -0.0179. The molecule has 3 aliphatic rings. The Morgan fingerprint density at radius 1 is 1.33 bits per heavy atom. The van der Waals surface area contributed by atoms with E-state index in [0.717, 1.165) is 41.4 Å². The Kier molecular flexibility index (Phi) is 5.31. The van der Waals surface area contributed by atoms with Crippen LogP contribution in [0.4, 0.5) is 5.13 Å². The predicted octanol–water partition coefficient (Wildman–Crippen LogP) is 3.38. The number of nitrogens with zero attached hydrogens (tertiary/aromatic N) is 3. The number of aromatic nitrogens is 2. The normalized spacial score (nSPS) is 25.3. The summed E-state index contributed by atoms with van der Waals surface area (Å²) in [6.45, 7) is 7.03. The Morgan fingerprint density at radius 3 is 2.83 bits per heavy atom. The van der Waals surface area contributed by atoms with Crippen LogP contribution in [0.1, 0.15) is 46.0 Å². The van der Waals surface area contributed by atoms with Crippen molar-refractivity contribution in [3.05, 3.63) is 12.1 Å². The average Bonchev–Trinajstić information content (AvgIpc) is 2.99. The molecule has 30 heavy (non-hydrogen) atoms. The topological polar surface area (TPSA) is 76.6 Å². The lowest BCUT2D eigenvalue weighted by Crippen LogP contribution is -2.59. The number of hydrogen-bond acceptors (Lipinski definition) is 7. The van der Waals surface area contributed by atoms with Crippen molar-refractivity contribution >= 4 is 32.7 Å². The van der Waals surface area contributed by atoms with E-state index < -0.39 is 0 Å². The Labute approximate surface area is 181 Å². The number of rotatable bonds is 8. The van der Waals surface area contributed by atoms with Crippen molar-refractivity contribution in [2.24, 2.45) is 11.3 Å². The first kappa shape index (κ1) is 20.0. The molecule has 162 valence electrons. The number of carbonyl (C=O) groups excluding carboxylic acids is 1. The number of anilines is 1. The summed E-state index contributed by atoms with van der Waals surface area (Å²) >= 11 is 1.67. The van der Waals surface area contributed by atoms with Gasteiger partial charge in [0.1, 0.15) is 10.3 Å². The Bertz CT molecular complexity index is 914. The van der Waals surface area contributed by atoms with Crippen molar-refractivity contribution in [2.45, 2.75) is 58.1 Å². The van der Waals surface area contributed by atoms with E-state index in [-0.39, 0.29) is 18.1 Å². The summed E-state index contributed by atoms with van der Waals surface area (Å²) < 4.78 is 11.8. The van der Waals surface area contributed by atoms with E-state index in [0.29, 0.717) is 30.4 Å². The molecule has 0 radical (unpaired) electrons. The summed E-state index contributed by atoms with van der Waals surface area (Å²) in [5.74, 6) is 1.16. The largest absolute Gasteiger partial charge is 0.477 e. The fourth-order valence-corrected chi connectivity index (χ4v) is 5.64. The van der Waals surface area contributed by atoms with Crippen molar-refractivity contribution in [1.29, 1.82) is 0 Å². The van der Waals surface area contributed by atoms with Crippen LogP contribution >= 0.6 is 11.3 Å². The van der Waals surface area contributed by atoms with Crippen LogP contribution in [0.25, 0.3) is 10.3 Å². The molecule has 7 nitrogen and oxygen atoms in total. The van der Waals surface area contributed by atoms with E-state index in [9.17, 15) is 4.79 Å². The molecule has 1 saturated heterocycles. The highest BCUT2D eigenvalue weighted by molar-refractivity contribution is 7.21. The van der Waals surface area contributed by atoms with Crippen molar-refractivity contribution in [3.8, 4) is 5.88 Å². The first-order valence-electron chi connectivity index (χ1n) is 11.0. The number of carbonyl (C=O) groups is 1. The molecule has 2 saturated carbocycles. The van der Waals surface area contributed by atoms with Crippen LogP contribution in [-0.4, -0.2) is 54.3 Å². The Morgan fingerprint density at radius 2 is 2.13 bits per heavy atom. The van der Waals surface area contributed by atoms with Crippen LogP contribution in [0.5, 0.6) is 5.88 Å². The first-order valence-corrected chi connectivity index (χ1v) is 11.8. The van der Waals surface area contributed by atoms with E-state index in [1.807, 2.05) is 19.1 Å². The molecule has 3 heterocycles. The fourth-order valence-electron chi connectivity index (χ4n) is 4.72. The van der Waals surface area contributed by atoms with Crippen molar-refractivity contribution in [3.63, 3.8) is 0 Å². The molecule has 5 rings (SSSR count). The lowest BCUT2D eigenvalue weighted by molar-refractivity contribution is -0.120. The summed E-state index contributed by atoms with van der Waals surface area (Å²) in [6.07, 6.45) is 6.41. The van der Waals surface area contributed by atoms with Crippen LogP contribution in [-0.2, 0) is 9.53 Å². The third-order valence-corrected chi connectivity index (χ3v) is 7.67. The van der Waals surface area contributed by atoms with Crippen LogP contribution in [0.2, 0.25) is 0 Å². The second kappa shape index (κ2) is 7.96. The minimum absolute atomic E-state index is 0.0179. The number of ether oxygens (including phenoxy) is 2. The van der Waals surface area contributed by atoms with Gasteiger partial charge in [-0.25, -0.2) is 9.97 Å². The molecule has 1 aliphatic heterocycles. The molecule has 0 bridgehead atoms. The third kappa shape index (κ3) is 4.12.